The van der Waals surface area contributed by atoms with E-state index in [4.69, 9.17) is 4.42 Å². The van der Waals surface area contributed by atoms with E-state index in [1.165, 1.54) is 6.39 Å². The van der Waals surface area contributed by atoms with E-state index in [1.54, 1.807) is 18.5 Å². The van der Waals surface area contributed by atoms with Crippen LogP contribution in [-0.2, 0) is 0 Å². The molecule has 0 aliphatic rings. The van der Waals surface area contributed by atoms with Gasteiger partial charge in [-0.25, -0.2) is 4.98 Å². The molecule has 0 radical (unpaired) electrons. The number of hydrogen-bond donors (Lipinski definition) is 1. The Morgan fingerprint density at radius 2 is 1.87 bits per heavy atom. The van der Waals surface area contributed by atoms with Gasteiger partial charge < -0.3 is 14.1 Å². The third-order valence-corrected chi connectivity index (χ3v) is 4.95. The average molecular weight is 394 g/mol. The van der Waals surface area contributed by atoms with Crippen LogP contribution in [-0.4, -0.2) is 20.3 Å². The van der Waals surface area contributed by atoms with Crippen LogP contribution in [0.3, 0.4) is 0 Å². The Hall–Kier alpha value is -4.19. The van der Waals surface area contributed by atoms with Crippen LogP contribution in [0.2, 0.25) is 0 Å². The Bertz CT molecular complexity index is 1340. The van der Waals surface area contributed by atoms with Gasteiger partial charge >= 0.3 is 0 Å². The molecule has 4 aromatic heterocycles. The van der Waals surface area contributed by atoms with E-state index < -0.39 is 0 Å². The van der Waals surface area contributed by atoms with Gasteiger partial charge in [-0.05, 0) is 42.3 Å². The summed E-state index contributed by atoms with van der Waals surface area (Å²) in [7, 11) is 0. The molecule has 6 heteroatoms. The Kier molecular flexibility index (Phi) is 4.37. The summed E-state index contributed by atoms with van der Waals surface area (Å²) in [5.74, 6) is -0.219. The lowest BCUT2D eigenvalue weighted by molar-refractivity contribution is 0.102. The van der Waals surface area contributed by atoms with Crippen LogP contribution in [0.1, 0.15) is 16.1 Å². The van der Waals surface area contributed by atoms with Crippen molar-refractivity contribution in [3.8, 4) is 22.5 Å². The zero-order chi connectivity index (χ0) is 20.5. The molecular formula is C24H18N4O2. The fraction of sp³-hybridized carbons (Fsp3) is 0.0417. The SMILES string of the molecule is Cc1cc(NC(=O)c2cc3ccc(-c4ccccc4)cn3c2-c2cocn2)ccn1. The first kappa shape index (κ1) is 17.9. The van der Waals surface area contributed by atoms with Gasteiger partial charge in [0.15, 0.2) is 6.39 Å². The second-order valence-corrected chi connectivity index (χ2v) is 7.00. The maximum Gasteiger partial charge on any atom is 0.257 e. The molecular weight excluding hydrogens is 376 g/mol. The van der Waals surface area contributed by atoms with E-state index in [1.807, 2.05) is 60.0 Å². The van der Waals surface area contributed by atoms with Crippen molar-refractivity contribution in [3.63, 3.8) is 0 Å². The number of nitrogens with one attached hydrogen (secondary N) is 1. The minimum atomic E-state index is -0.219. The van der Waals surface area contributed by atoms with Gasteiger partial charge in [0, 0.05) is 29.3 Å². The van der Waals surface area contributed by atoms with Crippen molar-refractivity contribution in [1.29, 1.82) is 0 Å². The fourth-order valence-corrected chi connectivity index (χ4v) is 3.56. The minimum Gasteiger partial charge on any atom is -0.451 e. The first-order chi connectivity index (χ1) is 14.7. The van der Waals surface area contributed by atoms with Crippen LogP contribution in [0.4, 0.5) is 5.69 Å². The molecule has 0 fully saturated rings. The van der Waals surface area contributed by atoms with Crippen molar-refractivity contribution >= 4 is 17.1 Å². The van der Waals surface area contributed by atoms with Crippen molar-refractivity contribution in [2.24, 2.45) is 0 Å². The van der Waals surface area contributed by atoms with E-state index >= 15 is 0 Å². The number of pyridine rings is 2. The van der Waals surface area contributed by atoms with Crippen molar-refractivity contribution in [2.45, 2.75) is 6.92 Å². The van der Waals surface area contributed by atoms with Crippen LogP contribution in [0.5, 0.6) is 0 Å². The van der Waals surface area contributed by atoms with Gasteiger partial charge in [0.2, 0.25) is 0 Å². The van der Waals surface area contributed by atoms with Crippen molar-refractivity contribution in [3.05, 3.63) is 97.0 Å². The van der Waals surface area contributed by atoms with Gasteiger partial charge in [0.1, 0.15) is 12.0 Å². The molecule has 1 aromatic carbocycles. The van der Waals surface area contributed by atoms with Crippen LogP contribution in [0, 0.1) is 6.92 Å². The number of benzene rings is 1. The number of carbonyl (C=O) groups excluding carboxylic acids is 1. The minimum absolute atomic E-state index is 0.219. The van der Waals surface area contributed by atoms with Gasteiger partial charge in [-0.1, -0.05) is 36.4 Å². The van der Waals surface area contributed by atoms with Crippen LogP contribution in [0.25, 0.3) is 28.0 Å². The first-order valence-corrected chi connectivity index (χ1v) is 9.52. The molecule has 5 aromatic rings. The Morgan fingerprint density at radius 1 is 1.00 bits per heavy atom. The summed E-state index contributed by atoms with van der Waals surface area (Å²) in [5, 5.41) is 2.96. The maximum absolute atomic E-state index is 13.2. The number of aromatic nitrogens is 3. The highest BCUT2D eigenvalue weighted by atomic mass is 16.3. The molecule has 0 aliphatic heterocycles. The molecule has 4 heterocycles. The molecule has 0 saturated carbocycles. The maximum atomic E-state index is 13.2. The van der Waals surface area contributed by atoms with Gasteiger partial charge in [-0.3, -0.25) is 9.78 Å². The summed E-state index contributed by atoms with van der Waals surface area (Å²) in [5.41, 5.74) is 6.35. The molecule has 0 aliphatic carbocycles. The Labute approximate surface area is 172 Å². The summed E-state index contributed by atoms with van der Waals surface area (Å²) >= 11 is 0. The lowest BCUT2D eigenvalue weighted by atomic mass is 10.1. The van der Waals surface area contributed by atoms with Gasteiger partial charge in [-0.15, -0.1) is 0 Å². The number of aryl methyl sites for hydroxylation is 1. The Balaban J connectivity index is 1.64. The zero-order valence-electron chi connectivity index (χ0n) is 16.2. The molecule has 30 heavy (non-hydrogen) atoms. The number of carbonyl (C=O) groups is 1. The van der Waals surface area contributed by atoms with Crippen LogP contribution < -0.4 is 5.32 Å². The molecule has 1 N–H and O–H groups in total. The zero-order valence-corrected chi connectivity index (χ0v) is 16.2. The monoisotopic (exact) mass is 394 g/mol. The smallest absolute Gasteiger partial charge is 0.257 e. The molecule has 146 valence electrons. The standard InChI is InChI=1S/C24H18N4O2/c1-16-11-19(9-10-25-16)27-24(29)21-12-20-8-7-18(17-5-3-2-4-6-17)13-28(20)23(21)22-14-30-15-26-22/h2-15H,1H3,(H,25,27,29). The third kappa shape index (κ3) is 3.24. The van der Waals surface area contributed by atoms with Gasteiger partial charge in [-0.2, -0.15) is 0 Å². The summed E-state index contributed by atoms with van der Waals surface area (Å²) in [4.78, 5) is 21.6. The average Bonchev–Trinajstić information content (AvgIpc) is 3.41. The van der Waals surface area contributed by atoms with E-state index in [9.17, 15) is 4.79 Å². The number of rotatable bonds is 4. The normalized spacial score (nSPS) is 11.0. The highest BCUT2D eigenvalue weighted by Gasteiger charge is 2.21. The van der Waals surface area contributed by atoms with Crippen molar-refractivity contribution < 1.29 is 9.21 Å². The summed E-state index contributed by atoms with van der Waals surface area (Å²) in [6.07, 6.45) is 6.60. The number of oxazole rings is 1. The van der Waals surface area contributed by atoms with E-state index in [0.717, 1.165) is 22.3 Å². The largest absolute Gasteiger partial charge is 0.451 e. The summed E-state index contributed by atoms with van der Waals surface area (Å²) in [6, 6.07) is 19.6. The quantitative estimate of drug-likeness (QED) is 0.454. The molecule has 0 bridgehead atoms. The second-order valence-electron chi connectivity index (χ2n) is 7.00. The summed E-state index contributed by atoms with van der Waals surface area (Å²) in [6.45, 7) is 1.88. The van der Waals surface area contributed by atoms with E-state index in [0.29, 0.717) is 22.6 Å². The number of anilines is 1. The van der Waals surface area contributed by atoms with Crippen LogP contribution in [0.15, 0.2) is 90.1 Å². The van der Waals surface area contributed by atoms with Gasteiger partial charge in [0.05, 0.1) is 11.3 Å². The molecule has 0 atom stereocenters. The van der Waals surface area contributed by atoms with Crippen molar-refractivity contribution in [1.82, 2.24) is 14.4 Å². The van der Waals surface area contributed by atoms with E-state index in [-0.39, 0.29) is 5.91 Å². The molecule has 1 amide bonds. The number of amides is 1. The third-order valence-electron chi connectivity index (χ3n) is 4.95. The highest BCUT2D eigenvalue weighted by molar-refractivity contribution is 6.09. The number of nitrogens with zero attached hydrogens (tertiary/aromatic N) is 3. The molecule has 6 nitrogen and oxygen atoms in total. The van der Waals surface area contributed by atoms with Gasteiger partial charge in [0.25, 0.3) is 5.91 Å². The first-order valence-electron chi connectivity index (χ1n) is 9.52. The molecule has 5 rings (SSSR count). The van der Waals surface area contributed by atoms with Crippen LogP contribution >= 0.6 is 0 Å². The predicted octanol–water partition coefficient (Wildman–Crippen LogP) is 5.22. The predicted molar refractivity (Wildman–Crippen MR) is 115 cm³/mol. The Morgan fingerprint density at radius 3 is 2.63 bits per heavy atom. The second kappa shape index (κ2) is 7.33. The number of fused-ring (bicyclic) bond motifs is 1. The molecule has 0 saturated heterocycles. The number of hydrogen-bond acceptors (Lipinski definition) is 4. The fourth-order valence-electron chi connectivity index (χ4n) is 3.56. The lowest BCUT2D eigenvalue weighted by Gasteiger charge is -2.08. The highest BCUT2D eigenvalue weighted by Crippen LogP contribution is 2.30. The van der Waals surface area contributed by atoms with Crippen molar-refractivity contribution in [2.75, 3.05) is 5.32 Å². The topological polar surface area (TPSA) is 72.4 Å². The lowest BCUT2D eigenvalue weighted by Crippen LogP contribution is -2.12. The molecule has 0 spiro atoms. The summed E-state index contributed by atoms with van der Waals surface area (Å²) < 4.78 is 7.19. The van der Waals surface area contributed by atoms with E-state index in [2.05, 4.69) is 27.4 Å². The molecule has 0 unspecified atom stereocenters.